The average molecular weight is 362 g/mol. The van der Waals surface area contributed by atoms with Gasteiger partial charge in [-0.1, -0.05) is 50.6 Å². The molecule has 0 aliphatic rings. The minimum atomic E-state index is -0.0774. The van der Waals surface area contributed by atoms with Crippen molar-refractivity contribution in [2.24, 2.45) is 5.92 Å². The van der Waals surface area contributed by atoms with Crippen molar-refractivity contribution in [3.8, 4) is 0 Å². The van der Waals surface area contributed by atoms with Gasteiger partial charge in [0.1, 0.15) is 0 Å². The Hall–Kier alpha value is -1.82. The maximum atomic E-state index is 13.0. The number of aromatic nitrogens is 2. The Morgan fingerprint density at radius 3 is 2.64 bits per heavy atom. The molecule has 0 saturated carbocycles. The number of thioether (sulfide) groups is 1. The number of nitrogens with one attached hydrogen (secondary N) is 1. The Morgan fingerprint density at radius 2 is 1.96 bits per heavy atom. The number of nitrogens with zero attached hydrogens (tertiary/aromatic N) is 2. The highest BCUT2D eigenvalue weighted by molar-refractivity contribution is 7.99. The lowest BCUT2D eigenvalue weighted by Crippen LogP contribution is -2.27. The summed E-state index contributed by atoms with van der Waals surface area (Å²) in [4.78, 5) is 29.3. The van der Waals surface area contributed by atoms with Crippen molar-refractivity contribution in [3.05, 3.63) is 34.6 Å². The first-order valence-electron chi connectivity index (χ1n) is 8.78. The van der Waals surface area contributed by atoms with E-state index in [9.17, 15) is 9.59 Å². The van der Waals surface area contributed by atoms with Gasteiger partial charge in [0.2, 0.25) is 5.91 Å². The van der Waals surface area contributed by atoms with Gasteiger partial charge in [0.05, 0.1) is 16.7 Å². The number of fused-ring (bicyclic) bond motifs is 1. The van der Waals surface area contributed by atoms with Gasteiger partial charge in [-0.3, -0.25) is 14.2 Å². The first kappa shape index (κ1) is 19.5. The van der Waals surface area contributed by atoms with Gasteiger partial charge in [0, 0.05) is 13.1 Å². The molecule has 0 unspecified atom stereocenters. The molecule has 0 spiro atoms. The topological polar surface area (TPSA) is 64.0 Å². The lowest BCUT2D eigenvalue weighted by Gasteiger charge is -2.19. The molecular formula is C19H27N3O2S. The molecular weight excluding hydrogens is 334 g/mol. The summed E-state index contributed by atoms with van der Waals surface area (Å²) in [6, 6.07) is 7.44. The van der Waals surface area contributed by atoms with Crippen molar-refractivity contribution in [1.82, 2.24) is 14.9 Å². The van der Waals surface area contributed by atoms with Crippen molar-refractivity contribution in [3.63, 3.8) is 0 Å². The summed E-state index contributed by atoms with van der Waals surface area (Å²) in [7, 11) is 1.61. The first-order chi connectivity index (χ1) is 11.9. The number of hydrogen-bond donors (Lipinski definition) is 1. The van der Waals surface area contributed by atoms with E-state index in [-0.39, 0.29) is 23.3 Å². The van der Waals surface area contributed by atoms with Crippen LogP contribution in [0.25, 0.3) is 10.9 Å². The van der Waals surface area contributed by atoms with Gasteiger partial charge in [0.25, 0.3) is 5.56 Å². The SMILES string of the molecule is CNC(=O)CSc1nc2ccccc2c(=O)n1[C@H](C)CCCC(C)C. The van der Waals surface area contributed by atoms with Crippen molar-refractivity contribution >= 4 is 28.6 Å². The number of para-hydroxylation sites is 1. The van der Waals surface area contributed by atoms with E-state index in [2.05, 4.69) is 31.1 Å². The summed E-state index contributed by atoms with van der Waals surface area (Å²) in [5.41, 5.74) is 0.652. The zero-order valence-corrected chi connectivity index (χ0v) is 16.2. The van der Waals surface area contributed by atoms with Crippen molar-refractivity contribution in [2.45, 2.75) is 51.2 Å². The van der Waals surface area contributed by atoms with Gasteiger partial charge in [-0.05, 0) is 31.4 Å². The lowest BCUT2D eigenvalue weighted by molar-refractivity contribution is -0.118. The van der Waals surface area contributed by atoms with E-state index >= 15 is 0 Å². The summed E-state index contributed by atoms with van der Waals surface area (Å²) < 4.78 is 1.76. The number of carbonyl (C=O) groups excluding carboxylic acids is 1. The molecule has 0 saturated heterocycles. The Balaban J connectivity index is 2.37. The third-order valence-electron chi connectivity index (χ3n) is 4.23. The van der Waals surface area contributed by atoms with E-state index in [1.165, 1.54) is 11.8 Å². The Morgan fingerprint density at radius 1 is 1.24 bits per heavy atom. The molecule has 0 radical (unpaired) electrons. The van der Waals surface area contributed by atoms with Crippen LogP contribution in [0.4, 0.5) is 0 Å². The summed E-state index contributed by atoms with van der Waals surface area (Å²) in [5, 5.41) is 3.85. The van der Waals surface area contributed by atoms with Crippen LogP contribution in [0.15, 0.2) is 34.2 Å². The molecule has 1 atom stereocenters. The molecule has 25 heavy (non-hydrogen) atoms. The van der Waals surface area contributed by atoms with Crippen LogP contribution in [0.2, 0.25) is 0 Å². The Bertz CT molecular complexity index is 786. The predicted molar refractivity (Wildman–Crippen MR) is 104 cm³/mol. The van der Waals surface area contributed by atoms with Crippen LogP contribution in [-0.2, 0) is 4.79 Å². The predicted octanol–water partition coefficient (Wildman–Crippen LogP) is 3.62. The van der Waals surface area contributed by atoms with E-state index in [0.717, 1.165) is 19.3 Å². The molecule has 0 aliphatic heterocycles. The van der Waals surface area contributed by atoms with Gasteiger partial charge >= 0.3 is 0 Å². The minimum Gasteiger partial charge on any atom is -0.358 e. The summed E-state index contributed by atoms with van der Waals surface area (Å²) in [5.74, 6) is 0.826. The van der Waals surface area contributed by atoms with Gasteiger partial charge in [-0.25, -0.2) is 4.98 Å². The van der Waals surface area contributed by atoms with Crippen LogP contribution in [-0.4, -0.2) is 28.3 Å². The molecule has 1 heterocycles. The fourth-order valence-corrected chi connectivity index (χ4v) is 3.74. The van der Waals surface area contributed by atoms with Gasteiger partial charge in [0.15, 0.2) is 5.16 Å². The fourth-order valence-electron chi connectivity index (χ4n) is 2.77. The quantitative estimate of drug-likeness (QED) is 0.576. The third-order valence-corrected chi connectivity index (χ3v) is 5.18. The average Bonchev–Trinajstić information content (AvgIpc) is 2.59. The molecule has 1 N–H and O–H groups in total. The number of rotatable bonds is 8. The molecule has 0 fully saturated rings. The van der Waals surface area contributed by atoms with Crippen LogP contribution in [0.3, 0.4) is 0 Å². The molecule has 1 aromatic heterocycles. The number of carbonyl (C=O) groups is 1. The van der Waals surface area contributed by atoms with E-state index in [4.69, 9.17) is 0 Å². The van der Waals surface area contributed by atoms with E-state index < -0.39 is 0 Å². The van der Waals surface area contributed by atoms with Gasteiger partial charge < -0.3 is 5.32 Å². The molecule has 2 aromatic rings. The molecule has 1 amide bonds. The second kappa shape index (κ2) is 9.04. The van der Waals surface area contributed by atoms with E-state index in [0.29, 0.717) is 22.0 Å². The molecule has 1 aromatic carbocycles. The highest BCUT2D eigenvalue weighted by atomic mass is 32.2. The fraction of sp³-hybridized carbons (Fsp3) is 0.526. The standard InChI is InChI=1S/C19H27N3O2S/c1-13(2)8-7-9-14(3)22-18(24)15-10-5-6-11-16(15)21-19(22)25-12-17(23)20-4/h5-6,10-11,13-14H,7-9,12H2,1-4H3,(H,20,23)/t14-/m1/s1. The summed E-state index contributed by atoms with van der Waals surface area (Å²) in [6.07, 6.45) is 3.13. The van der Waals surface area contributed by atoms with Crippen LogP contribution >= 0.6 is 11.8 Å². The first-order valence-corrected chi connectivity index (χ1v) is 9.77. The van der Waals surface area contributed by atoms with Crippen LogP contribution in [0.1, 0.15) is 46.1 Å². The number of amides is 1. The van der Waals surface area contributed by atoms with Crippen molar-refractivity contribution < 1.29 is 4.79 Å². The normalized spacial score (nSPS) is 12.5. The monoisotopic (exact) mass is 361 g/mol. The summed E-state index contributed by atoms with van der Waals surface area (Å²) >= 11 is 1.32. The maximum absolute atomic E-state index is 13.0. The highest BCUT2D eigenvalue weighted by Gasteiger charge is 2.17. The van der Waals surface area contributed by atoms with Crippen LogP contribution in [0.5, 0.6) is 0 Å². The second-order valence-electron chi connectivity index (χ2n) is 6.72. The molecule has 6 heteroatoms. The van der Waals surface area contributed by atoms with E-state index in [1.807, 2.05) is 24.3 Å². The Labute approximate surface area is 153 Å². The van der Waals surface area contributed by atoms with Gasteiger partial charge in [-0.15, -0.1) is 0 Å². The zero-order valence-electron chi connectivity index (χ0n) is 15.4. The largest absolute Gasteiger partial charge is 0.358 e. The maximum Gasteiger partial charge on any atom is 0.262 e. The molecule has 0 bridgehead atoms. The smallest absolute Gasteiger partial charge is 0.262 e. The molecule has 136 valence electrons. The highest BCUT2D eigenvalue weighted by Crippen LogP contribution is 2.24. The third kappa shape index (κ3) is 5.08. The molecule has 5 nitrogen and oxygen atoms in total. The zero-order chi connectivity index (χ0) is 18.4. The van der Waals surface area contributed by atoms with Crippen molar-refractivity contribution in [2.75, 3.05) is 12.8 Å². The molecule has 0 aliphatic carbocycles. The van der Waals surface area contributed by atoms with Gasteiger partial charge in [-0.2, -0.15) is 0 Å². The number of hydrogen-bond acceptors (Lipinski definition) is 4. The second-order valence-corrected chi connectivity index (χ2v) is 7.66. The van der Waals surface area contributed by atoms with Crippen molar-refractivity contribution in [1.29, 1.82) is 0 Å². The van der Waals surface area contributed by atoms with Crippen LogP contribution < -0.4 is 10.9 Å². The Kier molecular flexibility index (Phi) is 7.05. The minimum absolute atomic E-state index is 0.0259. The van der Waals surface area contributed by atoms with Crippen LogP contribution in [0, 0.1) is 5.92 Å². The number of benzene rings is 1. The summed E-state index contributed by atoms with van der Waals surface area (Å²) in [6.45, 7) is 6.47. The molecule has 2 rings (SSSR count). The lowest BCUT2D eigenvalue weighted by atomic mass is 10.0. The van der Waals surface area contributed by atoms with E-state index in [1.54, 1.807) is 11.6 Å².